The number of unbranched alkanes of at least 4 members (excludes halogenated alkanes) is 26. The number of rotatable bonds is 73. The fraction of sp³-hybridized carbons (Fsp3) is 0.675. The van der Waals surface area contributed by atoms with Crippen LogP contribution < -0.4 is 0 Å². The summed E-state index contributed by atoms with van der Waals surface area (Å²) >= 11 is 0. The average Bonchev–Trinajstić information content (AvgIpc) is 0.947. The van der Waals surface area contributed by atoms with Crippen molar-refractivity contribution in [2.45, 2.75) is 322 Å². The van der Waals surface area contributed by atoms with Gasteiger partial charge in [-0.25, -0.2) is 9.13 Å². The second-order valence-corrected chi connectivity index (χ2v) is 28.7. The molecule has 0 spiro atoms. The van der Waals surface area contributed by atoms with E-state index in [0.717, 1.165) is 180 Å². The van der Waals surface area contributed by atoms with Crippen molar-refractivity contribution in [2.24, 2.45) is 0 Å². The topological polar surface area (TPSA) is 231 Å². The van der Waals surface area contributed by atoms with E-state index in [-0.39, 0.29) is 19.3 Å². The van der Waals surface area contributed by atoms with Gasteiger partial charge in [0.15, 0.2) is 6.10 Å². The lowest BCUT2D eigenvalue weighted by atomic mass is 10.0. The zero-order chi connectivity index (χ0) is 73.7. The highest BCUT2D eigenvalue weighted by Crippen LogP contribution is 2.45. The van der Waals surface area contributed by atoms with Gasteiger partial charge in [-0.2, -0.15) is 0 Å². The van der Waals surface area contributed by atoms with Crippen LogP contribution in [0.15, 0.2) is 146 Å². The Kier molecular flexibility index (Phi) is 71.7. The van der Waals surface area contributed by atoms with E-state index in [0.29, 0.717) is 19.3 Å². The predicted octanol–water partition coefficient (Wildman–Crippen LogP) is 22.9. The minimum atomic E-state index is -4.93. The van der Waals surface area contributed by atoms with Gasteiger partial charge in [0.25, 0.3) is 0 Å². The molecule has 0 radical (unpaired) electrons. The van der Waals surface area contributed by atoms with Crippen LogP contribution in [-0.4, -0.2) is 95.9 Å². The van der Waals surface area contributed by atoms with Crippen LogP contribution in [0.25, 0.3) is 0 Å². The molecule has 0 amide bonds. The van der Waals surface area contributed by atoms with E-state index in [1.807, 2.05) is 0 Å². The molecule has 578 valence electrons. The predicted molar refractivity (Wildman–Crippen MR) is 417 cm³/mol. The van der Waals surface area contributed by atoms with Gasteiger partial charge >= 0.3 is 33.6 Å². The molecule has 0 aliphatic heterocycles. The van der Waals surface area contributed by atoms with Crippen molar-refractivity contribution in [1.82, 2.24) is 0 Å². The van der Waals surface area contributed by atoms with E-state index in [1.165, 1.54) is 64.2 Å². The highest BCUT2D eigenvalue weighted by atomic mass is 31.2. The first-order valence-corrected chi connectivity index (χ1v) is 42.1. The Balaban J connectivity index is 4.44. The van der Waals surface area contributed by atoms with E-state index in [2.05, 4.69) is 167 Å². The number of aliphatic hydroxyl groups is 2. The van der Waals surface area contributed by atoms with Gasteiger partial charge in [-0.05, 0) is 135 Å². The fourth-order valence-electron chi connectivity index (χ4n) is 10.1. The van der Waals surface area contributed by atoms with Gasteiger partial charge < -0.3 is 34.2 Å². The third-order valence-corrected chi connectivity index (χ3v) is 17.9. The maximum Gasteiger partial charge on any atom is 0.472 e. The highest BCUT2D eigenvalue weighted by Gasteiger charge is 2.29. The molecule has 5 atom stereocenters. The highest BCUT2D eigenvalue weighted by molar-refractivity contribution is 7.47. The molecule has 0 aromatic rings. The smallest absolute Gasteiger partial charge is 0.463 e. The first-order valence-electron chi connectivity index (χ1n) is 39.1. The van der Waals surface area contributed by atoms with Gasteiger partial charge in [0, 0.05) is 19.3 Å². The summed E-state index contributed by atoms with van der Waals surface area (Å²) in [6.45, 7) is 2.38. The van der Waals surface area contributed by atoms with E-state index >= 15 is 0 Å². The average molecular weight is 1460 g/mol. The monoisotopic (exact) mass is 1450 g/mol. The van der Waals surface area contributed by atoms with Gasteiger partial charge in [-0.3, -0.25) is 32.5 Å². The Hall–Kier alpha value is -4.57. The normalized spacial score (nSPS) is 14.8. The molecule has 5 unspecified atom stereocenters. The number of esters is 3. The SMILES string of the molecule is CC/C=C\C/C=C\C/C=C\C/C=C\C/C=C\C/C=C\CCCCCCCCCCCCCCC(=O)OCC(O)COP(=O)(O)OCC(O)COP(=O)(O)OCC(COC(=O)CCCCCCCCC/C=C\C/C=C\C/C=C\C/C=C\C/C=C\CC)OC(=O)CCCCCCC/C=C\CCCC. The molecule has 0 aromatic carbocycles. The van der Waals surface area contributed by atoms with E-state index in [9.17, 15) is 43.5 Å². The summed E-state index contributed by atoms with van der Waals surface area (Å²) in [6.07, 6.45) is 92.0. The molecule has 0 fully saturated rings. The summed E-state index contributed by atoms with van der Waals surface area (Å²) in [7, 11) is -9.79. The lowest BCUT2D eigenvalue weighted by Crippen LogP contribution is -2.30. The number of phosphoric acid groups is 2. The van der Waals surface area contributed by atoms with Crippen molar-refractivity contribution in [3.8, 4) is 0 Å². The minimum absolute atomic E-state index is 0.0886. The number of ether oxygens (including phenoxy) is 3. The summed E-state index contributed by atoms with van der Waals surface area (Å²) in [4.78, 5) is 58.5. The van der Waals surface area contributed by atoms with E-state index in [4.69, 9.17) is 32.3 Å². The number of hydrogen-bond acceptors (Lipinski definition) is 14. The molecule has 101 heavy (non-hydrogen) atoms. The maximum absolute atomic E-state index is 12.9. The van der Waals surface area contributed by atoms with Crippen LogP contribution in [0.3, 0.4) is 0 Å². The Bertz CT molecular complexity index is 2420. The molecular formula is C83H140O16P2. The molecule has 0 rings (SSSR count). The number of aliphatic hydroxyl groups excluding tert-OH is 2. The summed E-state index contributed by atoms with van der Waals surface area (Å²) < 4.78 is 61.0. The van der Waals surface area contributed by atoms with Gasteiger partial charge in [0.05, 0.1) is 26.4 Å². The summed E-state index contributed by atoms with van der Waals surface area (Å²) in [6, 6.07) is 0. The van der Waals surface area contributed by atoms with Crippen molar-refractivity contribution in [2.75, 3.05) is 39.6 Å². The molecule has 16 nitrogen and oxygen atoms in total. The quantitative estimate of drug-likeness (QED) is 0.0146. The van der Waals surface area contributed by atoms with Crippen molar-refractivity contribution < 1.29 is 75.8 Å². The fourth-order valence-corrected chi connectivity index (χ4v) is 11.7. The van der Waals surface area contributed by atoms with Crippen LogP contribution in [-0.2, 0) is 55.8 Å². The largest absolute Gasteiger partial charge is 0.472 e. The first kappa shape index (κ1) is 96.4. The summed E-state index contributed by atoms with van der Waals surface area (Å²) in [5, 5.41) is 20.6. The van der Waals surface area contributed by atoms with Gasteiger partial charge in [0.2, 0.25) is 0 Å². The Morgan fingerprint density at radius 3 is 0.842 bits per heavy atom. The van der Waals surface area contributed by atoms with E-state index < -0.39 is 91.5 Å². The summed E-state index contributed by atoms with van der Waals surface area (Å²) in [5.74, 6) is -1.60. The van der Waals surface area contributed by atoms with E-state index in [1.54, 1.807) is 0 Å². The van der Waals surface area contributed by atoms with Crippen LogP contribution in [0.5, 0.6) is 0 Å². The third-order valence-electron chi connectivity index (χ3n) is 16.0. The molecule has 0 saturated heterocycles. The zero-order valence-electron chi connectivity index (χ0n) is 63.0. The Labute approximate surface area is 613 Å². The third kappa shape index (κ3) is 76.4. The van der Waals surface area contributed by atoms with Gasteiger partial charge in [-0.15, -0.1) is 0 Å². The van der Waals surface area contributed by atoms with Crippen molar-refractivity contribution in [3.05, 3.63) is 146 Å². The number of phosphoric ester groups is 2. The van der Waals surface area contributed by atoms with Crippen LogP contribution >= 0.6 is 15.6 Å². The minimum Gasteiger partial charge on any atom is -0.463 e. The number of hydrogen-bond donors (Lipinski definition) is 4. The molecule has 0 aliphatic carbocycles. The molecule has 0 aliphatic rings. The second kappa shape index (κ2) is 75.1. The van der Waals surface area contributed by atoms with Crippen LogP contribution in [0, 0.1) is 0 Å². The molecule has 0 bridgehead atoms. The van der Waals surface area contributed by atoms with Crippen molar-refractivity contribution in [3.63, 3.8) is 0 Å². The second-order valence-electron chi connectivity index (χ2n) is 25.7. The van der Waals surface area contributed by atoms with Crippen LogP contribution in [0.1, 0.15) is 303 Å². The van der Waals surface area contributed by atoms with Gasteiger partial charge in [0.1, 0.15) is 25.4 Å². The Morgan fingerprint density at radius 2 is 0.525 bits per heavy atom. The maximum atomic E-state index is 12.9. The van der Waals surface area contributed by atoms with Crippen LogP contribution in [0.4, 0.5) is 0 Å². The number of allylic oxidation sites excluding steroid dienone is 24. The lowest BCUT2D eigenvalue weighted by Gasteiger charge is -2.21. The number of carbonyl (C=O) groups excluding carboxylic acids is 3. The molecule has 18 heteroatoms. The zero-order valence-corrected chi connectivity index (χ0v) is 64.8. The molecule has 4 N–H and O–H groups in total. The standard InChI is InChI=1S/C83H140O16P2/c1-4-7-10-13-16-19-22-24-26-28-30-32-34-35-36-37-38-39-40-41-43-45-46-48-50-52-55-57-60-63-66-69-81(86)93-72-78(84)73-95-100(89,90)96-74-79(85)75-97-101(91,92)98-77-80(99-83(88)71-68-65-62-59-54-21-18-15-12-9-6-3)76-94-82(87)70-67-64-61-58-56-53-51-49-47-44-42-33-31-29-27-25-23-20-17-14-11-8-5-2/h7-8,10-11,15-20,24-27,30-33,35-36,38-39,44,47,78-80,84-85H,4-6,9,12-14,21-23,28-29,34,37,40-43,45-46,48-77H2,1-3H3,(H,89,90)(H,91,92)/b10-7-,11-8-,18-15-,19-16-,20-17-,26-24-,27-25-,32-30-,33-31-,36-35-,39-38-,47-44-. The molecule has 0 heterocycles. The van der Waals surface area contributed by atoms with Gasteiger partial charge in [-0.1, -0.05) is 295 Å². The molecule has 0 saturated carbocycles. The van der Waals surface area contributed by atoms with Crippen molar-refractivity contribution >= 4 is 33.6 Å². The Morgan fingerprint density at radius 1 is 0.287 bits per heavy atom. The molecular weight excluding hydrogens is 1310 g/mol. The van der Waals surface area contributed by atoms with Crippen LogP contribution in [0.2, 0.25) is 0 Å². The number of carbonyl (C=O) groups is 3. The summed E-state index contributed by atoms with van der Waals surface area (Å²) in [5.41, 5.74) is 0. The first-order chi connectivity index (χ1) is 49.2. The lowest BCUT2D eigenvalue weighted by molar-refractivity contribution is -0.161. The molecule has 0 aromatic heterocycles. The van der Waals surface area contributed by atoms with Crippen molar-refractivity contribution in [1.29, 1.82) is 0 Å².